The fourth-order valence-corrected chi connectivity index (χ4v) is 8.03. The van der Waals surface area contributed by atoms with Crippen LogP contribution in [0.5, 0.6) is 5.75 Å². The number of Topliss-reactive ketones (excluding diaryl/α,β-unsaturated/α-hetero) is 1. The Bertz CT molecular complexity index is 1450. The molecule has 0 bridgehead atoms. The van der Waals surface area contributed by atoms with E-state index < -0.39 is 46.3 Å². The Morgan fingerprint density at radius 2 is 1.73 bits per heavy atom. The summed E-state index contributed by atoms with van der Waals surface area (Å²) in [5, 5.41) is 45.8. The summed E-state index contributed by atoms with van der Waals surface area (Å²) in [7, 11) is 7.03. The quantitative estimate of drug-likeness (QED) is 0.336. The van der Waals surface area contributed by atoms with Crippen LogP contribution in [0.25, 0.3) is 0 Å². The second-order valence-electron chi connectivity index (χ2n) is 13.1. The number of nitrogens with zero attached hydrogens (tertiary/aromatic N) is 3. The number of aromatic hydroxyl groups is 1. The molecule has 0 unspecified atom stereocenters. The zero-order valence-corrected chi connectivity index (χ0v) is 23.9. The van der Waals surface area contributed by atoms with Gasteiger partial charge in [0.2, 0.25) is 5.78 Å². The van der Waals surface area contributed by atoms with Crippen molar-refractivity contribution in [2.75, 3.05) is 46.2 Å². The minimum absolute atomic E-state index is 0.0140. The fourth-order valence-electron chi connectivity index (χ4n) is 8.03. The van der Waals surface area contributed by atoms with Crippen LogP contribution < -0.4 is 10.6 Å². The van der Waals surface area contributed by atoms with Crippen LogP contribution in [-0.2, 0) is 22.4 Å². The predicted molar refractivity (Wildman–Crippen MR) is 150 cm³/mol. The van der Waals surface area contributed by atoms with Gasteiger partial charge >= 0.3 is 0 Å². The van der Waals surface area contributed by atoms with E-state index in [-0.39, 0.29) is 41.4 Å². The van der Waals surface area contributed by atoms with Crippen molar-refractivity contribution in [3.8, 4) is 5.75 Å². The van der Waals surface area contributed by atoms with Crippen LogP contribution in [0.3, 0.4) is 0 Å². The number of aliphatic hydroxyl groups excluding tert-OH is 2. The van der Waals surface area contributed by atoms with Gasteiger partial charge in [-0.1, -0.05) is 6.42 Å². The monoisotopic (exact) mass is 566 g/mol. The number of nitrogens with two attached hydrogens (primary N) is 1. The van der Waals surface area contributed by atoms with Crippen LogP contribution >= 0.6 is 0 Å². The van der Waals surface area contributed by atoms with E-state index in [1.807, 2.05) is 19.0 Å². The summed E-state index contributed by atoms with van der Waals surface area (Å²) < 4.78 is 0. The topological polar surface area (TPSA) is 168 Å². The van der Waals surface area contributed by atoms with Gasteiger partial charge in [0, 0.05) is 56.2 Å². The smallest absolute Gasteiger partial charge is 0.257 e. The molecule has 41 heavy (non-hydrogen) atoms. The molecule has 1 aromatic rings. The number of carbonyl (C=O) groups is 3. The number of hydrogen-bond donors (Lipinski definition) is 5. The van der Waals surface area contributed by atoms with Crippen LogP contribution in [0.2, 0.25) is 0 Å². The SMILES string of the molecule is CN(C)c1cc(C(=O)N2CC3(CCC3)C2)c(O)c2c1C[C@H]1C[C@H]3[C@H](N(C)C)C(O)=C(C(N)=O)C(=O)[C@@]3(O)C(O)=C1C2. The number of allylic oxidation sites excluding steroid dienone is 1. The summed E-state index contributed by atoms with van der Waals surface area (Å²) in [6.07, 6.45) is 4.03. The number of ketones is 1. The van der Waals surface area contributed by atoms with Crippen molar-refractivity contribution in [2.24, 2.45) is 23.0 Å². The van der Waals surface area contributed by atoms with Crippen molar-refractivity contribution in [2.45, 2.75) is 50.2 Å². The molecule has 1 aliphatic heterocycles. The zero-order chi connectivity index (χ0) is 29.8. The normalized spacial score (nSPS) is 30.0. The van der Waals surface area contributed by atoms with E-state index in [9.17, 15) is 34.8 Å². The highest BCUT2D eigenvalue weighted by atomic mass is 16.3. The number of aliphatic hydroxyl groups is 3. The van der Waals surface area contributed by atoms with Crippen LogP contribution in [0.4, 0.5) is 5.69 Å². The van der Waals surface area contributed by atoms with Crippen molar-refractivity contribution < 1.29 is 34.8 Å². The van der Waals surface area contributed by atoms with E-state index in [1.165, 1.54) is 6.42 Å². The van der Waals surface area contributed by atoms with Crippen LogP contribution in [0.1, 0.15) is 47.2 Å². The van der Waals surface area contributed by atoms with Crippen molar-refractivity contribution in [3.63, 3.8) is 0 Å². The zero-order valence-electron chi connectivity index (χ0n) is 23.9. The summed E-state index contributed by atoms with van der Waals surface area (Å²) in [5.41, 5.74) is 5.10. The molecule has 1 saturated heterocycles. The molecular weight excluding hydrogens is 528 g/mol. The van der Waals surface area contributed by atoms with E-state index in [0.717, 1.165) is 24.1 Å². The van der Waals surface area contributed by atoms with E-state index >= 15 is 0 Å². The van der Waals surface area contributed by atoms with E-state index in [0.29, 0.717) is 30.6 Å². The second kappa shape index (κ2) is 8.96. The Kier molecular flexibility index (Phi) is 6.03. The molecule has 11 heteroatoms. The van der Waals surface area contributed by atoms with Crippen molar-refractivity contribution in [1.29, 1.82) is 0 Å². The summed E-state index contributed by atoms with van der Waals surface area (Å²) in [4.78, 5) is 44.5. The van der Waals surface area contributed by atoms with Crippen molar-refractivity contribution in [1.82, 2.24) is 9.80 Å². The number of benzene rings is 1. The van der Waals surface area contributed by atoms with Gasteiger partial charge in [-0.15, -0.1) is 0 Å². The number of hydrogen-bond acceptors (Lipinski definition) is 9. The molecule has 1 aromatic carbocycles. The number of fused-ring (bicyclic) bond motifs is 3. The summed E-state index contributed by atoms with van der Waals surface area (Å²) in [6, 6.07) is 0.790. The minimum atomic E-state index is -2.48. The number of anilines is 1. The summed E-state index contributed by atoms with van der Waals surface area (Å²) in [5.74, 6) is -5.09. The molecule has 1 saturated carbocycles. The van der Waals surface area contributed by atoms with Crippen molar-refractivity contribution in [3.05, 3.63) is 45.4 Å². The molecule has 1 heterocycles. The van der Waals surface area contributed by atoms with Crippen LogP contribution in [0, 0.1) is 17.3 Å². The molecule has 6 rings (SSSR count). The Balaban J connectivity index is 1.44. The highest BCUT2D eigenvalue weighted by Crippen LogP contribution is 2.54. The van der Waals surface area contributed by atoms with Gasteiger partial charge in [0.25, 0.3) is 11.8 Å². The first-order valence-electron chi connectivity index (χ1n) is 14.1. The predicted octanol–water partition coefficient (Wildman–Crippen LogP) is 1.17. The van der Waals surface area contributed by atoms with Crippen molar-refractivity contribution >= 4 is 23.3 Å². The van der Waals surface area contributed by atoms with Gasteiger partial charge in [0.15, 0.2) is 5.60 Å². The molecule has 0 aromatic heterocycles. The van der Waals surface area contributed by atoms with E-state index in [2.05, 4.69) is 0 Å². The first kappa shape index (κ1) is 27.6. The molecule has 5 aliphatic rings. The second-order valence-corrected chi connectivity index (χ2v) is 13.1. The number of primary amides is 1. The highest BCUT2D eigenvalue weighted by molar-refractivity contribution is 6.24. The standard InChI is InChI=1S/C30H38N4O7/c1-32(2)20-11-18(28(40)34-12-29(13-34)6-5-7-29)23(35)17-10-15-14(8-16(17)20)9-19-22(33(3)4)24(36)21(27(31)39)26(38)30(19,41)25(15)37/h11,14,19,22,35-37,41H,5-10,12-13H2,1-4H3,(H2,31,39)/t14-,19-,22-,30-/m0/s1. The lowest BCUT2D eigenvalue weighted by Gasteiger charge is -2.56. The minimum Gasteiger partial charge on any atom is -0.510 e. The number of likely N-dealkylation sites (N-methyl/N-ethyl adjacent to an activating group) is 1. The first-order chi connectivity index (χ1) is 19.2. The van der Waals surface area contributed by atoms with Gasteiger partial charge in [-0.05, 0) is 62.9 Å². The Morgan fingerprint density at radius 1 is 1.07 bits per heavy atom. The lowest BCUT2D eigenvalue weighted by molar-refractivity contribution is -0.148. The highest BCUT2D eigenvalue weighted by Gasteiger charge is 2.62. The summed E-state index contributed by atoms with van der Waals surface area (Å²) in [6.45, 7) is 1.36. The Morgan fingerprint density at radius 3 is 2.27 bits per heavy atom. The molecule has 0 radical (unpaired) electrons. The third kappa shape index (κ3) is 3.67. The first-order valence-corrected chi connectivity index (χ1v) is 14.1. The number of phenols is 1. The molecule has 6 N–H and O–H groups in total. The molecular formula is C30H38N4O7. The van der Waals surface area contributed by atoms with Gasteiger partial charge in [0.1, 0.15) is 22.8 Å². The summed E-state index contributed by atoms with van der Waals surface area (Å²) >= 11 is 0. The van der Waals surface area contributed by atoms with Gasteiger partial charge in [-0.25, -0.2) is 0 Å². The molecule has 2 amide bonds. The van der Waals surface area contributed by atoms with E-state index in [1.54, 1.807) is 30.0 Å². The van der Waals surface area contributed by atoms with Crippen LogP contribution in [-0.4, -0.2) is 101 Å². The Labute approximate surface area is 238 Å². The molecule has 11 nitrogen and oxygen atoms in total. The molecule has 1 spiro atoms. The fraction of sp³-hybridized carbons (Fsp3) is 0.567. The maximum atomic E-state index is 13.5. The Hall–Kier alpha value is -3.57. The lowest BCUT2D eigenvalue weighted by Crippen LogP contribution is -2.63. The number of amides is 2. The molecule has 4 aliphatic carbocycles. The van der Waals surface area contributed by atoms with Gasteiger partial charge in [-0.3, -0.25) is 19.3 Å². The largest absolute Gasteiger partial charge is 0.510 e. The lowest BCUT2D eigenvalue weighted by atomic mass is 9.58. The molecule has 4 atom stereocenters. The average Bonchev–Trinajstić information content (AvgIpc) is 2.83. The van der Waals surface area contributed by atoms with E-state index in [4.69, 9.17) is 5.73 Å². The maximum absolute atomic E-state index is 13.5. The van der Waals surface area contributed by atoms with Gasteiger partial charge in [0.05, 0.1) is 11.6 Å². The average molecular weight is 567 g/mol. The third-order valence-corrected chi connectivity index (χ3v) is 10.3. The van der Waals surface area contributed by atoms with Gasteiger partial charge < -0.3 is 36.0 Å². The number of phenolic OH excluding ortho intramolecular Hbond substituents is 1. The number of rotatable bonds is 4. The number of likely N-dealkylation sites (tertiary alicyclic amines) is 1. The van der Waals surface area contributed by atoms with Gasteiger partial charge in [-0.2, -0.15) is 0 Å². The molecule has 2 fully saturated rings. The maximum Gasteiger partial charge on any atom is 0.257 e. The number of carbonyl (C=O) groups excluding carboxylic acids is 3. The molecule has 220 valence electrons. The van der Waals surface area contributed by atoms with Crippen LogP contribution in [0.15, 0.2) is 28.7 Å². The third-order valence-electron chi connectivity index (χ3n) is 10.3.